The van der Waals surface area contributed by atoms with E-state index in [1.807, 2.05) is 66.9 Å². The second-order valence-corrected chi connectivity index (χ2v) is 12.2. The van der Waals surface area contributed by atoms with Crippen LogP contribution in [0.5, 0.6) is 5.75 Å². The van der Waals surface area contributed by atoms with E-state index in [2.05, 4.69) is 15.2 Å². The Morgan fingerprint density at radius 3 is 2.22 bits per heavy atom. The molecule has 1 aliphatic rings. The van der Waals surface area contributed by atoms with Crippen molar-refractivity contribution in [2.75, 3.05) is 12.0 Å². The van der Waals surface area contributed by atoms with E-state index in [-0.39, 0.29) is 23.5 Å². The zero-order chi connectivity index (χ0) is 32.5. The number of pyridine rings is 1. The van der Waals surface area contributed by atoms with Crippen LogP contribution in [0.15, 0.2) is 107 Å². The number of thiocarbonyl (C=S) groups is 1. The minimum atomic E-state index is -0.416. The summed E-state index contributed by atoms with van der Waals surface area (Å²) in [7, 11) is 1.48. The standard InChI is InChI=1S/C33H28N6O5S2/c1-20-18-27(21(2)36(20)29-16-11-24(44-3)19-30(29)39(42)43)32-31(28-6-4-5-17-34-28)35-33(45)37(32)22-7-12-25(13-8-22)46-26-14-9-23(10-15-26)38(40)41/h4-19,31-32H,1-3H3,(H,35,45)/t31-,32-/m0/s1. The van der Waals surface area contributed by atoms with Crippen molar-refractivity contribution in [3.05, 3.63) is 140 Å². The average Bonchev–Trinajstić information content (AvgIpc) is 3.56. The maximum atomic E-state index is 12.1. The monoisotopic (exact) mass is 652 g/mol. The van der Waals surface area contributed by atoms with Gasteiger partial charge in [-0.25, -0.2) is 0 Å². The molecule has 46 heavy (non-hydrogen) atoms. The number of anilines is 1. The van der Waals surface area contributed by atoms with Crippen molar-refractivity contribution in [1.82, 2.24) is 14.9 Å². The highest BCUT2D eigenvalue weighted by molar-refractivity contribution is 7.99. The van der Waals surface area contributed by atoms with Gasteiger partial charge in [0.25, 0.3) is 11.4 Å². The normalized spacial score (nSPS) is 15.9. The van der Waals surface area contributed by atoms with Gasteiger partial charge in [0.05, 0.1) is 40.8 Å². The van der Waals surface area contributed by atoms with Gasteiger partial charge in [-0.1, -0.05) is 17.8 Å². The first kappa shape index (κ1) is 30.7. The number of benzene rings is 3. The van der Waals surface area contributed by atoms with Gasteiger partial charge in [-0.2, -0.15) is 0 Å². The van der Waals surface area contributed by atoms with Crippen molar-refractivity contribution < 1.29 is 14.6 Å². The van der Waals surface area contributed by atoms with Gasteiger partial charge in [-0.3, -0.25) is 25.2 Å². The van der Waals surface area contributed by atoms with E-state index >= 15 is 0 Å². The van der Waals surface area contributed by atoms with Crippen LogP contribution in [0.25, 0.3) is 5.69 Å². The molecule has 0 amide bonds. The highest BCUT2D eigenvalue weighted by Crippen LogP contribution is 2.45. The molecule has 5 aromatic rings. The smallest absolute Gasteiger partial charge is 0.296 e. The van der Waals surface area contributed by atoms with Gasteiger partial charge in [-0.15, -0.1) is 0 Å². The Bertz CT molecular complexity index is 1950. The molecule has 0 spiro atoms. The van der Waals surface area contributed by atoms with Crippen molar-refractivity contribution in [1.29, 1.82) is 0 Å². The third-order valence-corrected chi connectivity index (χ3v) is 9.24. The van der Waals surface area contributed by atoms with E-state index in [1.54, 1.807) is 30.5 Å². The number of aryl methyl sites for hydroxylation is 1. The van der Waals surface area contributed by atoms with Crippen molar-refractivity contribution in [3.8, 4) is 11.4 Å². The summed E-state index contributed by atoms with van der Waals surface area (Å²) in [5.74, 6) is 0.403. The topological polar surface area (TPSA) is 129 Å². The molecule has 1 aliphatic heterocycles. The number of nitro groups is 2. The molecule has 3 heterocycles. The summed E-state index contributed by atoms with van der Waals surface area (Å²) < 4.78 is 7.15. The Balaban J connectivity index is 1.40. The highest BCUT2D eigenvalue weighted by atomic mass is 32.2. The van der Waals surface area contributed by atoms with Crippen molar-refractivity contribution >= 4 is 46.2 Å². The SMILES string of the molecule is COc1ccc(-n2c(C)cc([C@H]3[C@H](c4ccccn4)NC(=S)N3c3ccc(Sc4ccc([N+](=O)[O-])cc4)cc3)c2C)c([N+](=O)[O-])c1. The second kappa shape index (κ2) is 12.6. The van der Waals surface area contributed by atoms with Crippen LogP contribution < -0.4 is 15.0 Å². The van der Waals surface area contributed by atoms with Crippen molar-refractivity contribution in [2.45, 2.75) is 35.7 Å². The number of nitro benzene ring substituents is 2. The summed E-state index contributed by atoms with van der Waals surface area (Å²) in [5.41, 5.74) is 4.68. The number of non-ortho nitro benzene ring substituents is 1. The first-order valence-electron chi connectivity index (χ1n) is 14.2. The minimum Gasteiger partial charge on any atom is -0.496 e. The van der Waals surface area contributed by atoms with Crippen LogP contribution in [-0.4, -0.2) is 31.6 Å². The number of rotatable bonds is 9. The molecule has 0 radical (unpaired) electrons. The first-order valence-corrected chi connectivity index (χ1v) is 15.4. The van der Waals surface area contributed by atoms with E-state index in [0.29, 0.717) is 16.5 Å². The first-order chi connectivity index (χ1) is 22.2. The van der Waals surface area contributed by atoms with E-state index in [9.17, 15) is 20.2 Å². The third kappa shape index (κ3) is 5.77. The van der Waals surface area contributed by atoms with Crippen LogP contribution in [0.3, 0.4) is 0 Å². The molecule has 11 nitrogen and oxygen atoms in total. The summed E-state index contributed by atoms with van der Waals surface area (Å²) in [4.78, 5) is 30.9. The summed E-state index contributed by atoms with van der Waals surface area (Å²) in [6, 6.07) is 26.4. The van der Waals surface area contributed by atoms with Crippen LogP contribution in [0.1, 0.15) is 34.7 Å². The highest BCUT2D eigenvalue weighted by Gasteiger charge is 2.42. The molecule has 0 aliphatic carbocycles. The van der Waals surface area contributed by atoms with Gasteiger partial charge < -0.3 is 19.5 Å². The molecule has 3 aromatic carbocycles. The quantitative estimate of drug-likeness (QED) is 0.0963. The predicted octanol–water partition coefficient (Wildman–Crippen LogP) is 7.64. The predicted molar refractivity (Wildman–Crippen MR) is 180 cm³/mol. The summed E-state index contributed by atoms with van der Waals surface area (Å²) in [6.07, 6.45) is 1.74. The molecular formula is C33H28N6O5S2. The molecule has 2 aromatic heterocycles. The summed E-state index contributed by atoms with van der Waals surface area (Å²) in [5, 5.41) is 27.1. The molecule has 1 saturated heterocycles. The van der Waals surface area contributed by atoms with E-state index < -0.39 is 9.85 Å². The van der Waals surface area contributed by atoms with Crippen LogP contribution in [-0.2, 0) is 0 Å². The lowest BCUT2D eigenvalue weighted by Gasteiger charge is -2.28. The molecule has 2 atom stereocenters. The largest absolute Gasteiger partial charge is 0.496 e. The number of nitrogens with zero attached hydrogens (tertiary/aromatic N) is 5. The van der Waals surface area contributed by atoms with Gasteiger partial charge >= 0.3 is 0 Å². The van der Waals surface area contributed by atoms with Crippen molar-refractivity contribution in [3.63, 3.8) is 0 Å². The Morgan fingerprint density at radius 1 is 0.913 bits per heavy atom. The number of hydrogen-bond acceptors (Lipinski definition) is 8. The summed E-state index contributed by atoms with van der Waals surface area (Å²) in [6.45, 7) is 3.88. The Kier molecular flexibility index (Phi) is 8.43. The zero-order valence-electron chi connectivity index (χ0n) is 25.0. The molecule has 1 fully saturated rings. The van der Waals surface area contributed by atoms with E-state index in [4.69, 9.17) is 17.0 Å². The molecule has 0 bridgehead atoms. The third-order valence-electron chi connectivity index (χ3n) is 7.91. The van der Waals surface area contributed by atoms with Gasteiger partial charge in [-0.05, 0) is 98.4 Å². The fourth-order valence-electron chi connectivity index (χ4n) is 5.82. The molecule has 6 rings (SSSR count). The maximum Gasteiger partial charge on any atom is 0.296 e. The van der Waals surface area contributed by atoms with Crippen LogP contribution in [0, 0.1) is 34.1 Å². The molecular weight excluding hydrogens is 625 g/mol. The fourth-order valence-corrected chi connectivity index (χ4v) is 6.98. The Labute approximate surface area is 274 Å². The fraction of sp³-hybridized carbons (Fsp3) is 0.152. The number of aromatic nitrogens is 2. The number of ether oxygens (including phenoxy) is 1. The van der Waals surface area contributed by atoms with Gasteiger partial charge in [0, 0.05) is 45.2 Å². The van der Waals surface area contributed by atoms with Crippen molar-refractivity contribution in [2.24, 2.45) is 0 Å². The van der Waals surface area contributed by atoms with Crippen LogP contribution >= 0.6 is 24.0 Å². The van der Waals surface area contributed by atoms with Crippen LogP contribution in [0.2, 0.25) is 0 Å². The lowest BCUT2D eigenvalue weighted by atomic mass is 9.96. The minimum absolute atomic E-state index is 0.0456. The number of hydrogen-bond donors (Lipinski definition) is 1. The van der Waals surface area contributed by atoms with E-state index in [0.717, 1.165) is 38.1 Å². The second-order valence-electron chi connectivity index (χ2n) is 10.6. The van der Waals surface area contributed by atoms with Gasteiger partial charge in [0.15, 0.2) is 5.11 Å². The maximum absolute atomic E-state index is 12.1. The zero-order valence-corrected chi connectivity index (χ0v) is 26.6. The Hall–Kier alpha value is -5.27. The molecule has 0 unspecified atom stereocenters. The number of methoxy groups -OCH3 is 1. The molecule has 1 N–H and O–H groups in total. The lowest BCUT2D eigenvalue weighted by Crippen LogP contribution is -2.29. The molecule has 13 heteroatoms. The molecule has 232 valence electrons. The Morgan fingerprint density at radius 2 is 1.61 bits per heavy atom. The van der Waals surface area contributed by atoms with Gasteiger partial charge in [0.1, 0.15) is 11.4 Å². The lowest BCUT2D eigenvalue weighted by molar-refractivity contribution is -0.385. The average molecular weight is 653 g/mol. The van der Waals surface area contributed by atoms with Crippen LogP contribution in [0.4, 0.5) is 17.1 Å². The van der Waals surface area contributed by atoms with E-state index in [1.165, 1.54) is 37.1 Å². The summed E-state index contributed by atoms with van der Waals surface area (Å²) >= 11 is 7.42. The number of nitrogens with one attached hydrogen (secondary N) is 1. The molecule has 0 saturated carbocycles. The van der Waals surface area contributed by atoms with Gasteiger partial charge in [0.2, 0.25) is 0 Å².